The van der Waals surface area contributed by atoms with E-state index >= 15 is 0 Å². The largest absolute Gasteiger partial charge is 0.456 e. The monoisotopic (exact) mass is 683 g/mol. The number of hydrogen-bond acceptors (Lipinski definition) is 9. The van der Waals surface area contributed by atoms with Crippen LogP contribution in [-0.4, -0.2) is 96.1 Å². The molecule has 1 amide bonds. The highest BCUT2D eigenvalue weighted by atomic mass is 32.1. The summed E-state index contributed by atoms with van der Waals surface area (Å²) in [4.78, 5) is 51.8. The molecule has 1 N–H and O–H groups in total. The maximum atomic E-state index is 13.0. The van der Waals surface area contributed by atoms with Gasteiger partial charge in [0.05, 0.1) is 12.2 Å². The molecule has 1 aromatic carbocycles. The number of halogens is 3. The van der Waals surface area contributed by atoms with Gasteiger partial charge in [-0.3, -0.25) is 19.2 Å². The van der Waals surface area contributed by atoms with Crippen LogP contribution in [-0.2, 0) is 44.3 Å². The maximum absolute atomic E-state index is 13.0. The van der Waals surface area contributed by atoms with E-state index in [9.17, 15) is 32.3 Å². The molecule has 47 heavy (non-hydrogen) atoms. The van der Waals surface area contributed by atoms with E-state index in [2.05, 4.69) is 5.32 Å². The van der Waals surface area contributed by atoms with Crippen molar-refractivity contribution in [1.29, 1.82) is 0 Å². The predicted octanol–water partition coefficient (Wildman–Crippen LogP) is 3.70. The molecule has 3 heterocycles. The SMILES string of the molecule is CC(=O)OC1COC(NC(=S)N2CCC(C3CCN(C(=O)C=Cc4cccc(C(F)(F)F)c4)CC3)CC2)C(OC(C)=O)C1OC(C)=O. The summed E-state index contributed by atoms with van der Waals surface area (Å²) in [6, 6.07) is 4.86. The number of esters is 3. The Morgan fingerprint density at radius 1 is 0.872 bits per heavy atom. The lowest BCUT2D eigenvalue weighted by molar-refractivity contribution is -0.227. The fraction of sp³-hybridized carbons (Fsp3) is 0.594. The fourth-order valence-corrected chi connectivity index (χ4v) is 6.63. The Bertz CT molecular complexity index is 1340. The minimum Gasteiger partial charge on any atom is -0.456 e. The minimum absolute atomic E-state index is 0.111. The third-order valence-corrected chi connectivity index (χ3v) is 8.97. The standard InChI is InChI=1S/C32H40F3N3O8S/c1-19(39)44-26-18-43-30(29(46-21(3)41)28(26)45-20(2)40)36-31(47)38-15-11-24(12-16-38)23-9-13-37(14-10-23)27(42)8-7-22-5-4-6-25(17-22)32(33,34)35/h4-8,17,23-24,26,28-30H,9-16,18H2,1-3H3,(H,36,47). The van der Waals surface area contributed by atoms with Gasteiger partial charge < -0.3 is 34.1 Å². The van der Waals surface area contributed by atoms with Gasteiger partial charge in [-0.15, -0.1) is 0 Å². The van der Waals surface area contributed by atoms with Crippen molar-refractivity contribution in [2.24, 2.45) is 11.8 Å². The van der Waals surface area contributed by atoms with E-state index < -0.39 is 54.2 Å². The molecule has 4 rings (SSSR count). The van der Waals surface area contributed by atoms with E-state index in [0.717, 1.165) is 37.8 Å². The lowest BCUT2D eigenvalue weighted by atomic mass is 9.79. The number of carbonyl (C=O) groups is 4. The van der Waals surface area contributed by atoms with Crippen molar-refractivity contribution in [2.45, 2.75) is 77.2 Å². The number of carbonyl (C=O) groups excluding carboxylic acids is 4. The van der Waals surface area contributed by atoms with Gasteiger partial charge in [0.2, 0.25) is 5.91 Å². The van der Waals surface area contributed by atoms with Crippen LogP contribution >= 0.6 is 12.2 Å². The molecule has 3 aliphatic heterocycles. The number of rotatable bonds is 7. The fourth-order valence-electron chi connectivity index (χ4n) is 6.33. The first-order valence-electron chi connectivity index (χ1n) is 15.5. The molecule has 11 nitrogen and oxygen atoms in total. The van der Waals surface area contributed by atoms with E-state index in [1.807, 2.05) is 4.90 Å². The maximum Gasteiger partial charge on any atom is 0.416 e. The summed E-state index contributed by atoms with van der Waals surface area (Å²) in [5.41, 5.74) is -0.444. The Labute approximate surface area is 276 Å². The van der Waals surface area contributed by atoms with Crippen LogP contribution in [0, 0.1) is 11.8 Å². The molecule has 0 saturated carbocycles. The van der Waals surface area contributed by atoms with Gasteiger partial charge in [0, 0.05) is 53.0 Å². The second-order valence-corrected chi connectivity index (χ2v) is 12.3. The summed E-state index contributed by atoms with van der Waals surface area (Å²) in [6.45, 7) is 6.00. The topological polar surface area (TPSA) is 124 Å². The van der Waals surface area contributed by atoms with Crippen LogP contribution in [0.4, 0.5) is 13.2 Å². The number of likely N-dealkylation sites (tertiary alicyclic amines) is 2. The number of piperidine rings is 2. The molecular weight excluding hydrogens is 643 g/mol. The zero-order valence-electron chi connectivity index (χ0n) is 26.5. The average molecular weight is 684 g/mol. The number of nitrogens with zero attached hydrogens (tertiary/aromatic N) is 2. The van der Waals surface area contributed by atoms with E-state index in [1.54, 1.807) is 4.90 Å². The average Bonchev–Trinajstić information content (AvgIpc) is 3.02. The molecule has 4 unspecified atom stereocenters. The lowest BCUT2D eigenvalue weighted by Gasteiger charge is -2.43. The zero-order chi connectivity index (χ0) is 34.3. The van der Waals surface area contributed by atoms with Crippen molar-refractivity contribution in [2.75, 3.05) is 32.8 Å². The first kappa shape index (κ1) is 36.1. The smallest absolute Gasteiger partial charge is 0.416 e. The molecule has 4 atom stereocenters. The summed E-state index contributed by atoms with van der Waals surface area (Å²) < 4.78 is 60.9. The Morgan fingerprint density at radius 3 is 1.98 bits per heavy atom. The van der Waals surface area contributed by atoms with E-state index in [1.165, 1.54) is 45.1 Å². The molecular formula is C32H40F3N3O8S. The second-order valence-electron chi connectivity index (χ2n) is 11.9. The van der Waals surface area contributed by atoms with Crippen molar-refractivity contribution in [1.82, 2.24) is 15.1 Å². The van der Waals surface area contributed by atoms with Crippen LogP contribution in [0.1, 0.15) is 57.6 Å². The molecule has 0 bridgehead atoms. The van der Waals surface area contributed by atoms with Gasteiger partial charge in [-0.05, 0) is 73.5 Å². The molecule has 3 aliphatic rings. The Kier molecular flexibility index (Phi) is 12.2. The first-order valence-corrected chi connectivity index (χ1v) is 15.9. The van der Waals surface area contributed by atoms with Crippen molar-refractivity contribution in [3.05, 3.63) is 41.5 Å². The Morgan fingerprint density at radius 2 is 1.43 bits per heavy atom. The van der Waals surface area contributed by atoms with Crippen molar-refractivity contribution in [3.8, 4) is 0 Å². The number of alkyl halides is 3. The number of hydrogen-bond donors (Lipinski definition) is 1. The molecule has 258 valence electrons. The molecule has 1 aromatic rings. The second kappa shape index (κ2) is 15.9. The molecule has 3 fully saturated rings. The quantitative estimate of drug-likeness (QED) is 0.196. The number of thiocarbonyl (C=S) groups is 1. The van der Waals surface area contributed by atoms with Crippen molar-refractivity contribution >= 4 is 47.2 Å². The highest BCUT2D eigenvalue weighted by Gasteiger charge is 2.47. The van der Waals surface area contributed by atoms with E-state index in [-0.39, 0.29) is 12.5 Å². The number of nitrogens with one attached hydrogen (secondary N) is 1. The van der Waals surface area contributed by atoms with Gasteiger partial charge in [-0.2, -0.15) is 13.2 Å². The van der Waals surface area contributed by atoms with Crippen molar-refractivity contribution < 1.29 is 51.3 Å². The first-order chi connectivity index (χ1) is 22.2. The Hall–Kier alpha value is -3.72. The third-order valence-electron chi connectivity index (χ3n) is 8.59. The van der Waals surface area contributed by atoms with Crippen LogP contribution in [0.25, 0.3) is 6.08 Å². The summed E-state index contributed by atoms with van der Waals surface area (Å²) >= 11 is 5.67. The van der Waals surface area contributed by atoms with Gasteiger partial charge in [0.25, 0.3) is 0 Å². The molecule has 0 radical (unpaired) electrons. The third kappa shape index (κ3) is 10.1. The van der Waals surface area contributed by atoms with Gasteiger partial charge in [0.1, 0.15) is 0 Å². The van der Waals surface area contributed by atoms with Crippen LogP contribution in [0.2, 0.25) is 0 Å². The van der Waals surface area contributed by atoms with Gasteiger partial charge in [-0.1, -0.05) is 12.1 Å². The van der Waals surface area contributed by atoms with Crippen LogP contribution in [0.5, 0.6) is 0 Å². The van der Waals surface area contributed by atoms with Crippen LogP contribution < -0.4 is 5.32 Å². The normalized spacial score (nSPS) is 24.5. The summed E-state index contributed by atoms with van der Waals surface area (Å²) in [7, 11) is 0. The predicted molar refractivity (Wildman–Crippen MR) is 166 cm³/mol. The van der Waals surface area contributed by atoms with Gasteiger partial charge in [-0.25, -0.2) is 0 Å². The zero-order valence-corrected chi connectivity index (χ0v) is 27.3. The summed E-state index contributed by atoms with van der Waals surface area (Å²) in [5, 5.41) is 3.47. The molecule has 15 heteroatoms. The Balaban J connectivity index is 1.26. The van der Waals surface area contributed by atoms with Crippen molar-refractivity contribution in [3.63, 3.8) is 0 Å². The van der Waals surface area contributed by atoms with Crippen LogP contribution in [0.15, 0.2) is 30.3 Å². The molecule has 0 aromatic heterocycles. The van der Waals surface area contributed by atoms with E-state index in [0.29, 0.717) is 48.7 Å². The lowest BCUT2D eigenvalue weighted by Crippen LogP contribution is -2.63. The summed E-state index contributed by atoms with van der Waals surface area (Å²) in [5.74, 6) is -1.25. The van der Waals surface area contributed by atoms with Crippen LogP contribution in [0.3, 0.4) is 0 Å². The van der Waals surface area contributed by atoms with E-state index in [4.69, 9.17) is 31.2 Å². The molecule has 0 aliphatic carbocycles. The highest BCUT2D eigenvalue weighted by Crippen LogP contribution is 2.33. The number of benzene rings is 1. The van der Waals surface area contributed by atoms with Gasteiger partial charge in [0.15, 0.2) is 29.7 Å². The minimum atomic E-state index is -4.45. The number of amides is 1. The highest BCUT2D eigenvalue weighted by molar-refractivity contribution is 7.80. The molecule has 3 saturated heterocycles. The molecule has 0 spiro atoms. The number of ether oxygens (including phenoxy) is 4. The summed E-state index contributed by atoms with van der Waals surface area (Å²) in [6.07, 6.45) is -2.45. The van der Waals surface area contributed by atoms with Gasteiger partial charge >= 0.3 is 24.1 Å².